The molecule has 0 spiro atoms. The fraction of sp³-hybridized carbons (Fsp3) is 0.333. The minimum atomic E-state index is 0.620. The lowest BCUT2D eigenvalue weighted by Gasteiger charge is -1.94. The number of aryl methyl sites for hydroxylation is 1. The van der Waals surface area contributed by atoms with E-state index in [1.54, 1.807) is 17.2 Å². The van der Waals surface area contributed by atoms with Crippen molar-refractivity contribution in [1.29, 1.82) is 0 Å². The maximum Gasteiger partial charge on any atom is 0.205 e. The highest BCUT2D eigenvalue weighted by atomic mass is 15.6. The van der Waals surface area contributed by atoms with E-state index in [-0.39, 0.29) is 0 Å². The Morgan fingerprint density at radius 3 is 2.80 bits per heavy atom. The van der Waals surface area contributed by atoms with E-state index in [4.69, 9.17) is 5.73 Å². The lowest BCUT2D eigenvalue weighted by molar-refractivity contribution is 0.504. The molecule has 0 unspecified atom stereocenters. The van der Waals surface area contributed by atoms with Gasteiger partial charge in [-0.3, -0.25) is 4.98 Å². The van der Waals surface area contributed by atoms with Crippen LogP contribution in [0.1, 0.15) is 6.42 Å². The van der Waals surface area contributed by atoms with E-state index in [2.05, 4.69) is 20.4 Å². The quantitative estimate of drug-likeness (QED) is 0.762. The van der Waals surface area contributed by atoms with Gasteiger partial charge in [0.25, 0.3) is 0 Å². The molecule has 0 aliphatic carbocycles. The van der Waals surface area contributed by atoms with Gasteiger partial charge in [0.05, 0.1) is 6.54 Å². The van der Waals surface area contributed by atoms with E-state index in [1.807, 2.05) is 12.1 Å². The third-order valence-electron chi connectivity index (χ3n) is 1.95. The Bertz CT molecular complexity index is 410. The summed E-state index contributed by atoms with van der Waals surface area (Å²) in [6, 6.07) is 3.70. The van der Waals surface area contributed by atoms with Gasteiger partial charge < -0.3 is 5.73 Å². The molecule has 2 aromatic rings. The van der Waals surface area contributed by atoms with Crippen LogP contribution in [0.25, 0.3) is 11.4 Å². The van der Waals surface area contributed by atoms with Crippen molar-refractivity contribution in [3.63, 3.8) is 0 Å². The molecule has 0 atom stereocenters. The average molecular weight is 204 g/mol. The molecule has 0 aromatic carbocycles. The Hall–Kier alpha value is -1.82. The molecule has 2 heterocycles. The third-order valence-corrected chi connectivity index (χ3v) is 1.95. The first-order valence-corrected chi connectivity index (χ1v) is 4.78. The summed E-state index contributed by atoms with van der Waals surface area (Å²) in [4.78, 5) is 5.49. The second-order valence-corrected chi connectivity index (χ2v) is 3.09. The molecule has 0 aliphatic rings. The van der Waals surface area contributed by atoms with Crippen LogP contribution in [0.15, 0.2) is 24.5 Å². The monoisotopic (exact) mass is 204 g/mol. The Balaban J connectivity index is 2.14. The van der Waals surface area contributed by atoms with Crippen LogP contribution in [-0.2, 0) is 6.54 Å². The molecule has 0 saturated carbocycles. The maximum absolute atomic E-state index is 5.40. The van der Waals surface area contributed by atoms with Gasteiger partial charge in [-0.25, -0.2) is 0 Å². The number of nitrogens with two attached hydrogens (primary N) is 1. The summed E-state index contributed by atoms with van der Waals surface area (Å²) < 4.78 is 0. The van der Waals surface area contributed by atoms with Gasteiger partial charge in [-0.15, -0.1) is 10.2 Å². The summed E-state index contributed by atoms with van der Waals surface area (Å²) in [5.41, 5.74) is 6.32. The van der Waals surface area contributed by atoms with Crippen molar-refractivity contribution >= 4 is 0 Å². The Kier molecular flexibility index (Phi) is 2.99. The molecule has 6 heteroatoms. The van der Waals surface area contributed by atoms with Gasteiger partial charge in [0.1, 0.15) is 0 Å². The minimum Gasteiger partial charge on any atom is -0.330 e. The SMILES string of the molecule is NCCCn1nnc(-c2ccncc2)n1. The molecular weight excluding hydrogens is 192 g/mol. The number of hydrogen-bond donors (Lipinski definition) is 1. The van der Waals surface area contributed by atoms with Crippen molar-refractivity contribution in [2.45, 2.75) is 13.0 Å². The second-order valence-electron chi connectivity index (χ2n) is 3.09. The van der Waals surface area contributed by atoms with Gasteiger partial charge in [0, 0.05) is 18.0 Å². The van der Waals surface area contributed by atoms with Crippen LogP contribution in [0.5, 0.6) is 0 Å². The van der Waals surface area contributed by atoms with Crippen molar-refractivity contribution in [1.82, 2.24) is 25.2 Å². The molecule has 6 nitrogen and oxygen atoms in total. The number of nitrogens with zero attached hydrogens (tertiary/aromatic N) is 5. The summed E-state index contributed by atoms with van der Waals surface area (Å²) in [6.07, 6.45) is 4.26. The summed E-state index contributed by atoms with van der Waals surface area (Å²) in [5.74, 6) is 0.620. The summed E-state index contributed by atoms with van der Waals surface area (Å²) in [6.45, 7) is 1.33. The number of rotatable bonds is 4. The molecule has 2 aromatic heterocycles. The van der Waals surface area contributed by atoms with Crippen LogP contribution < -0.4 is 5.73 Å². The predicted molar refractivity (Wildman–Crippen MR) is 54.7 cm³/mol. The van der Waals surface area contributed by atoms with Crippen molar-refractivity contribution in [3.8, 4) is 11.4 Å². The topological polar surface area (TPSA) is 82.5 Å². The van der Waals surface area contributed by atoms with Gasteiger partial charge >= 0.3 is 0 Å². The van der Waals surface area contributed by atoms with E-state index in [0.717, 1.165) is 12.0 Å². The number of tetrazole rings is 1. The van der Waals surface area contributed by atoms with E-state index in [0.29, 0.717) is 18.9 Å². The van der Waals surface area contributed by atoms with Gasteiger partial charge in [-0.1, -0.05) is 0 Å². The molecule has 0 amide bonds. The van der Waals surface area contributed by atoms with E-state index >= 15 is 0 Å². The maximum atomic E-state index is 5.40. The normalized spacial score (nSPS) is 10.5. The Morgan fingerprint density at radius 1 is 1.27 bits per heavy atom. The van der Waals surface area contributed by atoms with Crippen LogP contribution >= 0.6 is 0 Å². The number of hydrogen-bond acceptors (Lipinski definition) is 5. The lowest BCUT2D eigenvalue weighted by atomic mass is 10.3. The van der Waals surface area contributed by atoms with Gasteiger partial charge in [-0.2, -0.15) is 4.80 Å². The van der Waals surface area contributed by atoms with Crippen LogP contribution in [0.3, 0.4) is 0 Å². The molecular formula is C9H12N6. The molecule has 15 heavy (non-hydrogen) atoms. The van der Waals surface area contributed by atoms with Crippen LogP contribution in [-0.4, -0.2) is 31.7 Å². The largest absolute Gasteiger partial charge is 0.330 e. The summed E-state index contributed by atoms with van der Waals surface area (Å²) in [7, 11) is 0. The summed E-state index contributed by atoms with van der Waals surface area (Å²) >= 11 is 0. The van der Waals surface area contributed by atoms with Gasteiger partial charge in [-0.05, 0) is 30.3 Å². The van der Waals surface area contributed by atoms with E-state index < -0.39 is 0 Å². The standard InChI is InChI=1S/C9H12N6/c10-4-1-7-15-13-9(12-14-15)8-2-5-11-6-3-8/h2-3,5-6H,1,4,7,10H2. The van der Waals surface area contributed by atoms with Crippen molar-refractivity contribution < 1.29 is 0 Å². The molecule has 0 aliphatic heterocycles. The van der Waals surface area contributed by atoms with E-state index in [9.17, 15) is 0 Å². The third kappa shape index (κ3) is 2.35. The second kappa shape index (κ2) is 4.61. The van der Waals surface area contributed by atoms with Crippen molar-refractivity contribution in [2.75, 3.05) is 6.54 Å². The molecule has 78 valence electrons. The molecule has 2 N–H and O–H groups in total. The molecule has 0 radical (unpaired) electrons. The van der Waals surface area contributed by atoms with Crippen LogP contribution in [0.4, 0.5) is 0 Å². The van der Waals surface area contributed by atoms with Gasteiger partial charge in [0.2, 0.25) is 5.82 Å². The first-order chi connectivity index (χ1) is 7.40. The first kappa shape index (κ1) is 9.72. The van der Waals surface area contributed by atoms with Crippen molar-refractivity contribution in [2.24, 2.45) is 5.73 Å². The molecule has 0 fully saturated rings. The highest BCUT2D eigenvalue weighted by Gasteiger charge is 2.04. The fourth-order valence-electron chi connectivity index (χ4n) is 1.19. The van der Waals surface area contributed by atoms with Crippen LogP contribution in [0, 0.1) is 0 Å². The molecule has 0 bridgehead atoms. The zero-order valence-corrected chi connectivity index (χ0v) is 8.24. The fourth-order valence-corrected chi connectivity index (χ4v) is 1.19. The first-order valence-electron chi connectivity index (χ1n) is 4.78. The summed E-state index contributed by atoms with van der Waals surface area (Å²) in [5, 5.41) is 12.1. The van der Waals surface area contributed by atoms with Gasteiger partial charge in [0.15, 0.2) is 0 Å². The van der Waals surface area contributed by atoms with Crippen molar-refractivity contribution in [3.05, 3.63) is 24.5 Å². The minimum absolute atomic E-state index is 0.620. The molecule has 2 rings (SSSR count). The lowest BCUT2D eigenvalue weighted by Crippen LogP contribution is -2.08. The smallest absolute Gasteiger partial charge is 0.205 e. The Labute approximate surface area is 87.1 Å². The highest BCUT2D eigenvalue weighted by molar-refractivity contribution is 5.51. The highest BCUT2D eigenvalue weighted by Crippen LogP contribution is 2.10. The zero-order chi connectivity index (χ0) is 10.5. The zero-order valence-electron chi connectivity index (χ0n) is 8.24. The Morgan fingerprint density at radius 2 is 2.07 bits per heavy atom. The predicted octanol–water partition coefficient (Wildman–Crippen LogP) is 0.0839. The number of pyridine rings is 1. The average Bonchev–Trinajstić information content (AvgIpc) is 2.76. The van der Waals surface area contributed by atoms with E-state index in [1.165, 1.54) is 0 Å². The van der Waals surface area contributed by atoms with Crippen LogP contribution in [0.2, 0.25) is 0 Å². The molecule has 0 saturated heterocycles. The number of aromatic nitrogens is 5.